The molecule has 1 saturated heterocycles. The second kappa shape index (κ2) is 9.80. The normalized spacial score (nSPS) is 15.1. The highest BCUT2D eigenvalue weighted by atomic mass is 16.3. The largest absolute Gasteiger partial charge is 0.375 e. The minimum absolute atomic E-state index is 0.449. The molecule has 1 amide bonds. The van der Waals surface area contributed by atoms with E-state index >= 15 is 0 Å². The van der Waals surface area contributed by atoms with Gasteiger partial charge < -0.3 is 25.6 Å². The van der Waals surface area contributed by atoms with Crippen LogP contribution in [0.2, 0.25) is 0 Å². The van der Waals surface area contributed by atoms with Crippen LogP contribution in [0.1, 0.15) is 15.9 Å². The summed E-state index contributed by atoms with van der Waals surface area (Å²) in [5, 5.41) is 14.1. The van der Waals surface area contributed by atoms with E-state index in [0.29, 0.717) is 17.3 Å². The number of anilines is 3. The molecule has 1 aliphatic heterocycles. The summed E-state index contributed by atoms with van der Waals surface area (Å²) in [6.45, 7) is 8.98. The van der Waals surface area contributed by atoms with Gasteiger partial charge in [0.25, 0.3) is 5.91 Å². The Balaban J connectivity index is 1.35. The molecule has 0 bridgehead atoms. The van der Waals surface area contributed by atoms with Gasteiger partial charge in [-0.15, -0.1) is 0 Å². The minimum atomic E-state index is -0.595. The van der Waals surface area contributed by atoms with Crippen molar-refractivity contribution < 1.29 is 9.90 Å². The third-order valence-electron chi connectivity index (χ3n) is 6.56. The van der Waals surface area contributed by atoms with Crippen molar-refractivity contribution in [2.45, 2.75) is 13.2 Å². The van der Waals surface area contributed by atoms with Gasteiger partial charge >= 0.3 is 0 Å². The topological polar surface area (TPSA) is 113 Å². The van der Waals surface area contributed by atoms with Crippen molar-refractivity contribution >= 4 is 34.1 Å². The smallest absolute Gasteiger partial charge is 0.250 e. The molecule has 1 unspecified atom stereocenters. The van der Waals surface area contributed by atoms with Crippen LogP contribution in [-0.4, -0.2) is 62.9 Å². The Hall–Kier alpha value is -4.21. The number of aliphatic hydroxyl groups is 1. The standard InChI is InChI=1S/C27H29N7O2/c1-3-25(35)33-14-12-32(13-15-33)22-9-8-19(16-18(22)2)30-27-29-11-10-24(31-27)34-17-21(26(28)36)20-6-4-5-7-23(20)34/h3-11,16-17,25,35H,1,12-15H2,2H3,(H2,28,36)(H,29,30,31). The van der Waals surface area contributed by atoms with Gasteiger partial charge in [-0.2, -0.15) is 4.98 Å². The molecule has 1 atom stereocenters. The molecular weight excluding hydrogens is 454 g/mol. The van der Waals surface area contributed by atoms with E-state index in [0.717, 1.165) is 48.3 Å². The van der Waals surface area contributed by atoms with E-state index in [2.05, 4.69) is 45.8 Å². The molecule has 0 saturated carbocycles. The summed E-state index contributed by atoms with van der Waals surface area (Å²) in [5.74, 6) is 0.598. The quantitative estimate of drug-likeness (QED) is 0.346. The van der Waals surface area contributed by atoms with Gasteiger partial charge in [0.2, 0.25) is 5.95 Å². The maximum Gasteiger partial charge on any atom is 0.250 e. The van der Waals surface area contributed by atoms with Gasteiger partial charge in [0, 0.05) is 55.3 Å². The molecule has 184 valence electrons. The Kier molecular flexibility index (Phi) is 6.41. The number of benzene rings is 2. The van der Waals surface area contributed by atoms with Crippen molar-refractivity contribution in [1.29, 1.82) is 0 Å². The van der Waals surface area contributed by atoms with Crippen molar-refractivity contribution in [3.63, 3.8) is 0 Å². The fourth-order valence-corrected chi connectivity index (χ4v) is 4.70. The van der Waals surface area contributed by atoms with Crippen LogP contribution in [0.15, 0.2) is 73.6 Å². The number of carbonyl (C=O) groups is 1. The van der Waals surface area contributed by atoms with Gasteiger partial charge in [-0.3, -0.25) is 9.69 Å². The Morgan fingerprint density at radius 1 is 1.17 bits per heavy atom. The van der Waals surface area contributed by atoms with E-state index in [1.165, 1.54) is 5.69 Å². The molecule has 2 aromatic heterocycles. The Morgan fingerprint density at radius 2 is 1.94 bits per heavy atom. The summed E-state index contributed by atoms with van der Waals surface area (Å²) >= 11 is 0. The number of nitrogens with one attached hydrogen (secondary N) is 1. The van der Waals surface area contributed by atoms with E-state index in [1.807, 2.05) is 39.8 Å². The number of hydrogen-bond donors (Lipinski definition) is 3. The zero-order valence-electron chi connectivity index (χ0n) is 20.1. The number of aryl methyl sites for hydroxylation is 1. The Bertz CT molecular complexity index is 1420. The second-order valence-corrected chi connectivity index (χ2v) is 8.83. The number of nitrogens with zero attached hydrogens (tertiary/aromatic N) is 5. The van der Waals surface area contributed by atoms with E-state index in [1.54, 1.807) is 24.5 Å². The fourth-order valence-electron chi connectivity index (χ4n) is 4.70. The van der Waals surface area contributed by atoms with Gasteiger partial charge in [0.05, 0.1) is 11.1 Å². The van der Waals surface area contributed by atoms with Crippen LogP contribution >= 0.6 is 0 Å². The molecule has 4 aromatic rings. The summed E-state index contributed by atoms with van der Waals surface area (Å²) < 4.78 is 1.85. The molecule has 1 fully saturated rings. The number of piperazine rings is 1. The highest BCUT2D eigenvalue weighted by Crippen LogP contribution is 2.27. The number of carbonyl (C=O) groups excluding carboxylic acids is 1. The number of rotatable bonds is 7. The highest BCUT2D eigenvalue weighted by Gasteiger charge is 2.21. The summed E-state index contributed by atoms with van der Waals surface area (Å²) in [7, 11) is 0. The van der Waals surface area contributed by atoms with Crippen LogP contribution in [0.25, 0.3) is 16.7 Å². The molecule has 4 N–H and O–H groups in total. The van der Waals surface area contributed by atoms with E-state index in [4.69, 9.17) is 5.73 Å². The molecule has 0 radical (unpaired) electrons. The molecule has 5 rings (SSSR count). The summed E-state index contributed by atoms with van der Waals surface area (Å²) in [6, 6.07) is 15.6. The SMILES string of the molecule is C=CC(O)N1CCN(c2ccc(Nc3nccc(-n4cc(C(N)=O)c5ccccc54)n3)cc2C)CC1. The maximum absolute atomic E-state index is 11.9. The number of primary amides is 1. The first kappa shape index (κ1) is 23.5. The minimum Gasteiger partial charge on any atom is -0.375 e. The lowest BCUT2D eigenvalue weighted by atomic mass is 10.1. The Morgan fingerprint density at radius 3 is 2.67 bits per heavy atom. The average molecular weight is 484 g/mol. The second-order valence-electron chi connectivity index (χ2n) is 8.83. The first-order chi connectivity index (χ1) is 17.4. The van der Waals surface area contributed by atoms with Crippen LogP contribution in [0.4, 0.5) is 17.3 Å². The van der Waals surface area contributed by atoms with Crippen molar-refractivity contribution in [1.82, 2.24) is 19.4 Å². The number of para-hydroxylation sites is 1. The van der Waals surface area contributed by atoms with Crippen LogP contribution < -0.4 is 16.0 Å². The number of aliphatic hydroxyl groups excluding tert-OH is 1. The molecule has 36 heavy (non-hydrogen) atoms. The predicted molar refractivity (Wildman–Crippen MR) is 142 cm³/mol. The van der Waals surface area contributed by atoms with Crippen LogP contribution in [0.3, 0.4) is 0 Å². The molecule has 0 aliphatic carbocycles. The number of hydrogen-bond acceptors (Lipinski definition) is 7. The van der Waals surface area contributed by atoms with Gasteiger partial charge in [-0.25, -0.2) is 4.98 Å². The van der Waals surface area contributed by atoms with Gasteiger partial charge in [-0.05, 0) is 48.9 Å². The zero-order chi connectivity index (χ0) is 25.2. The number of amides is 1. The van der Waals surface area contributed by atoms with Crippen LogP contribution in [-0.2, 0) is 0 Å². The molecule has 1 aliphatic rings. The number of nitrogens with two attached hydrogens (primary N) is 1. The average Bonchev–Trinajstić information content (AvgIpc) is 3.29. The summed E-state index contributed by atoms with van der Waals surface area (Å²) in [4.78, 5) is 25.3. The molecule has 0 spiro atoms. The van der Waals surface area contributed by atoms with Gasteiger partial charge in [0.15, 0.2) is 0 Å². The summed E-state index contributed by atoms with van der Waals surface area (Å²) in [6.07, 6.45) is 4.36. The number of aromatic nitrogens is 3. The molecule has 9 nitrogen and oxygen atoms in total. The fraction of sp³-hybridized carbons (Fsp3) is 0.222. The zero-order valence-corrected chi connectivity index (χ0v) is 20.1. The van der Waals surface area contributed by atoms with Crippen molar-refractivity contribution in [2.24, 2.45) is 5.73 Å². The Labute approximate surface area is 209 Å². The lowest BCUT2D eigenvalue weighted by Gasteiger charge is -2.38. The number of fused-ring (bicyclic) bond motifs is 1. The lowest BCUT2D eigenvalue weighted by Crippen LogP contribution is -2.50. The van der Waals surface area contributed by atoms with Crippen LogP contribution in [0.5, 0.6) is 0 Å². The lowest BCUT2D eigenvalue weighted by molar-refractivity contribution is 0.0380. The maximum atomic E-state index is 11.9. The molecule has 3 heterocycles. The van der Waals surface area contributed by atoms with Gasteiger partial charge in [-0.1, -0.05) is 24.8 Å². The van der Waals surface area contributed by atoms with Crippen molar-refractivity contribution in [3.8, 4) is 5.82 Å². The summed E-state index contributed by atoms with van der Waals surface area (Å²) in [5.41, 5.74) is 10.1. The van der Waals surface area contributed by atoms with Crippen molar-refractivity contribution in [2.75, 3.05) is 36.4 Å². The highest BCUT2D eigenvalue weighted by molar-refractivity contribution is 6.06. The third kappa shape index (κ3) is 4.53. The van der Waals surface area contributed by atoms with E-state index in [-0.39, 0.29) is 0 Å². The monoisotopic (exact) mass is 483 g/mol. The van der Waals surface area contributed by atoms with E-state index in [9.17, 15) is 9.90 Å². The van der Waals surface area contributed by atoms with Gasteiger partial charge in [0.1, 0.15) is 12.0 Å². The molecular formula is C27H29N7O2. The van der Waals surface area contributed by atoms with Crippen LogP contribution in [0, 0.1) is 6.92 Å². The first-order valence-electron chi connectivity index (χ1n) is 11.8. The molecule has 2 aromatic carbocycles. The first-order valence-corrected chi connectivity index (χ1v) is 11.8. The van der Waals surface area contributed by atoms with Crippen molar-refractivity contribution in [3.05, 3.63) is 84.7 Å². The van der Waals surface area contributed by atoms with E-state index < -0.39 is 12.1 Å². The molecule has 9 heteroatoms. The predicted octanol–water partition coefficient (Wildman–Crippen LogP) is 3.20. The third-order valence-corrected chi connectivity index (χ3v) is 6.56.